The van der Waals surface area contributed by atoms with Gasteiger partial charge in [-0.3, -0.25) is 0 Å². The molecule has 5 heteroatoms. The monoisotopic (exact) mass is 288 g/mol. The lowest BCUT2D eigenvalue weighted by Gasteiger charge is -2.08. The summed E-state index contributed by atoms with van der Waals surface area (Å²) in [6.45, 7) is 9.42. The van der Waals surface area contributed by atoms with Crippen LogP contribution in [0, 0.1) is 0 Å². The molecule has 1 atom stereocenters. The van der Waals surface area contributed by atoms with E-state index in [1.165, 1.54) is 5.56 Å². The second-order valence-electron chi connectivity index (χ2n) is 5.53. The third-order valence-corrected chi connectivity index (χ3v) is 3.32. The highest BCUT2D eigenvalue weighted by molar-refractivity contribution is 5.53. The Hall–Kier alpha value is -1.88. The standard InChI is InChI=1S/C16H24N4O/c1-5-9-17-12(4)15-19-20-16(21-15)18-14-8-6-7-13(10-14)11(2)3/h6-8,10-12,17H,5,9H2,1-4H3,(H,18,20). The van der Waals surface area contributed by atoms with Crippen LogP contribution in [0.3, 0.4) is 0 Å². The highest BCUT2D eigenvalue weighted by Crippen LogP contribution is 2.22. The second-order valence-corrected chi connectivity index (χ2v) is 5.53. The fourth-order valence-corrected chi connectivity index (χ4v) is 2.01. The van der Waals surface area contributed by atoms with E-state index in [9.17, 15) is 0 Å². The van der Waals surface area contributed by atoms with Gasteiger partial charge in [0.15, 0.2) is 0 Å². The van der Waals surface area contributed by atoms with Crippen molar-refractivity contribution in [2.45, 2.75) is 46.1 Å². The zero-order chi connectivity index (χ0) is 15.2. The molecule has 1 heterocycles. The number of benzene rings is 1. The summed E-state index contributed by atoms with van der Waals surface area (Å²) >= 11 is 0. The lowest BCUT2D eigenvalue weighted by atomic mass is 10.0. The first-order valence-electron chi connectivity index (χ1n) is 7.54. The van der Waals surface area contributed by atoms with Crippen LogP contribution in [0.2, 0.25) is 0 Å². The molecule has 0 saturated carbocycles. The van der Waals surface area contributed by atoms with Crippen molar-refractivity contribution in [3.8, 4) is 0 Å². The van der Waals surface area contributed by atoms with E-state index in [1.54, 1.807) is 0 Å². The molecule has 0 radical (unpaired) electrons. The van der Waals surface area contributed by atoms with Gasteiger partial charge in [-0.25, -0.2) is 0 Å². The SMILES string of the molecule is CCCNC(C)c1nnc(Nc2cccc(C(C)C)c2)o1. The summed E-state index contributed by atoms with van der Waals surface area (Å²) < 4.78 is 5.65. The molecule has 0 saturated heterocycles. The van der Waals surface area contributed by atoms with Crippen molar-refractivity contribution in [2.24, 2.45) is 0 Å². The smallest absolute Gasteiger partial charge is 0.320 e. The van der Waals surface area contributed by atoms with E-state index >= 15 is 0 Å². The third-order valence-electron chi connectivity index (χ3n) is 3.32. The van der Waals surface area contributed by atoms with Gasteiger partial charge in [-0.1, -0.05) is 38.0 Å². The molecule has 1 aromatic carbocycles. The lowest BCUT2D eigenvalue weighted by molar-refractivity contribution is 0.424. The van der Waals surface area contributed by atoms with Crippen LogP contribution in [0.5, 0.6) is 0 Å². The molecule has 0 aliphatic carbocycles. The minimum atomic E-state index is 0.0648. The van der Waals surface area contributed by atoms with Crippen LogP contribution >= 0.6 is 0 Å². The van der Waals surface area contributed by atoms with Crippen molar-refractivity contribution >= 4 is 11.7 Å². The summed E-state index contributed by atoms with van der Waals surface area (Å²) in [5, 5.41) is 14.6. The summed E-state index contributed by atoms with van der Waals surface area (Å²) in [6, 6.07) is 8.74. The van der Waals surface area contributed by atoms with Crippen molar-refractivity contribution < 1.29 is 4.42 Å². The van der Waals surface area contributed by atoms with E-state index in [1.807, 2.05) is 19.1 Å². The molecule has 0 aliphatic heterocycles. The molecule has 0 spiro atoms. The van der Waals surface area contributed by atoms with Gasteiger partial charge in [0.25, 0.3) is 0 Å². The Morgan fingerprint density at radius 3 is 2.71 bits per heavy atom. The largest absolute Gasteiger partial charge is 0.406 e. The summed E-state index contributed by atoms with van der Waals surface area (Å²) in [4.78, 5) is 0. The van der Waals surface area contributed by atoms with Crippen molar-refractivity contribution in [1.82, 2.24) is 15.5 Å². The third kappa shape index (κ3) is 4.29. The Balaban J connectivity index is 2.03. The molecule has 2 rings (SSSR count). The number of nitrogens with zero attached hydrogens (tertiary/aromatic N) is 2. The Labute approximate surface area is 126 Å². The van der Waals surface area contributed by atoms with Gasteiger partial charge < -0.3 is 15.1 Å². The van der Waals surface area contributed by atoms with E-state index in [0.29, 0.717) is 17.8 Å². The fourth-order valence-electron chi connectivity index (χ4n) is 2.01. The molecule has 2 N–H and O–H groups in total. The fraction of sp³-hybridized carbons (Fsp3) is 0.500. The number of nitrogens with one attached hydrogen (secondary N) is 2. The van der Waals surface area contributed by atoms with Crippen LogP contribution in [0.1, 0.15) is 57.5 Å². The van der Waals surface area contributed by atoms with Crippen LogP contribution in [-0.2, 0) is 0 Å². The van der Waals surface area contributed by atoms with E-state index in [0.717, 1.165) is 18.7 Å². The maximum Gasteiger partial charge on any atom is 0.320 e. The number of aromatic nitrogens is 2. The minimum absolute atomic E-state index is 0.0648. The molecule has 114 valence electrons. The molecule has 0 bridgehead atoms. The first kappa shape index (κ1) is 15.5. The topological polar surface area (TPSA) is 63.0 Å². The van der Waals surface area contributed by atoms with E-state index < -0.39 is 0 Å². The molecule has 1 unspecified atom stereocenters. The van der Waals surface area contributed by atoms with Crippen LogP contribution in [-0.4, -0.2) is 16.7 Å². The maximum atomic E-state index is 5.65. The molecular weight excluding hydrogens is 264 g/mol. The zero-order valence-corrected chi connectivity index (χ0v) is 13.2. The Bertz CT molecular complexity index is 565. The Morgan fingerprint density at radius 2 is 2.00 bits per heavy atom. The van der Waals surface area contributed by atoms with Crippen molar-refractivity contribution in [3.63, 3.8) is 0 Å². The highest BCUT2D eigenvalue weighted by Gasteiger charge is 2.13. The van der Waals surface area contributed by atoms with Gasteiger partial charge in [0.1, 0.15) is 0 Å². The molecule has 2 aromatic rings. The predicted octanol–water partition coefficient (Wildman–Crippen LogP) is 4.00. The quantitative estimate of drug-likeness (QED) is 0.806. The van der Waals surface area contributed by atoms with Gasteiger partial charge >= 0.3 is 6.01 Å². The molecule has 1 aromatic heterocycles. The van der Waals surface area contributed by atoms with Gasteiger partial charge in [0.2, 0.25) is 5.89 Å². The number of rotatable bonds is 7. The predicted molar refractivity (Wildman–Crippen MR) is 84.8 cm³/mol. The van der Waals surface area contributed by atoms with E-state index in [-0.39, 0.29) is 6.04 Å². The van der Waals surface area contributed by atoms with Crippen LogP contribution in [0.15, 0.2) is 28.7 Å². The maximum absolute atomic E-state index is 5.65. The number of hydrogen-bond acceptors (Lipinski definition) is 5. The average Bonchev–Trinajstić information content (AvgIpc) is 2.93. The molecule has 5 nitrogen and oxygen atoms in total. The summed E-state index contributed by atoms with van der Waals surface area (Å²) in [6.07, 6.45) is 1.07. The van der Waals surface area contributed by atoms with E-state index in [2.05, 4.69) is 53.7 Å². The van der Waals surface area contributed by atoms with Crippen LogP contribution in [0.4, 0.5) is 11.7 Å². The van der Waals surface area contributed by atoms with E-state index in [4.69, 9.17) is 4.42 Å². The first-order chi connectivity index (χ1) is 10.1. The molecule has 0 amide bonds. The number of hydrogen-bond donors (Lipinski definition) is 2. The average molecular weight is 288 g/mol. The van der Waals surface area contributed by atoms with Gasteiger partial charge in [-0.15, -0.1) is 5.10 Å². The highest BCUT2D eigenvalue weighted by atomic mass is 16.4. The summed E-state index contributed by atoms with van der Waals surface area (Å²) in [5.41, 5.74) is 2.24. The molecule has 21 heavy (non-hydrogen) atoms. The van der Waals surface area contributed by atoms with Gasteiger partial charge in [0.05, 0.1) is 6.04 Å². The minimum Gasteiger partial charge on any atom is -0.406 e. The summed E-state index contributed by atoms with van der Waals surface area (Å²) in [5.74, 6) is 1.09. The van der Waals surface area contributed by atoms with Crippen molar-refractivity contribution in [1.29, 1.82) is 0 Å². The molecular formula is C16H24N4O. The zero-order valence-electron chi connectivity index (χ0n) is 13.2. The Morgan fingerprint density at radius 1 is 1.19 bits per heavy atom. The van der Waals surface area contributed by atoms with Crippen molar-refractivity contribution in [2.75, 3.05) is 11.9 Å². The van der Waals surface area contributed by atoms with Gasteiger partial charge in [0, 0.05) is 5.69 Å². The summed E-state index contributed by atoms with van der Waals surface area (Å²) in [7, 11) is 0. The van der Waals surface area contributed by atoms with Gasteiger partial charge in [-0.05, 0) is 43.5 Å². The lowest BCUT2D eigenvalue weighted by Crippen LogP contribution is -2.19. The van der Waals surface area contributed by atoms with Crippen LogP contribution in [0.25, 0.3) is 0 Å². The first-order valence-corrected chi connectivity index (χ1v) is 7.54. The number of anilines is 2. The van der Waals surface area contributed by atoms with Gasteiger partial charge in [-0.2, -0.15) is 0 Å². The second kappa shape index (κ2) is 7.22. The normalized spacial score (nSPS) is 12.6. The molecule has 0 fully saturated rings. The molecule has 0 aliphatic rings. The van der Waals surface area contributed by atoms with Crippen molar-refractivity contribution in [3.05, 3.63) is 35.7 Å². The Kier molecular flexibility index (Phi) is 5.33. The van der Waals surface area contributed by atoms with Crippen LogP contribution < -0.4 is 10.6 Å².